The number of rotatable bonds is 6. The summed E-state index contributed by atoms with van der Waals surface area (Å²) in [5.74, 6) is 1.20. The highest BCUT2D eigenvalue weighted by molar-refractivity contribution is 5.85. The second kappa shape index (κ2) is 8.62. The van der Waals surface area contributed by atoms with Crippen molar-refractivity contribution in [2.75, 3.05) is 42.4 Å². The van der Waals surface area contributed by atoms with Crippen LogP contribution in [0.3, 0.4) is 0 Å². The molecule has 0 spiro atoms. The van der Waals surface area contributed by atoms with E-state index in [1.54, 1.807) is 19.4 Å². The number of benzene rings is 1. The summed E-state index contributed by atoms with van der Waals surface area (Å²) in [4.78, 5) is 28.7. The predicted octanol–water partition coefficient (Wildman–Crippen LogP) is 3.28. The van der Waals surface area contributed by atoms with Crippen molar-refractivity contribution < 1.29 is 9.53 Å². The molecule has 3 aromatic rings. The van der Waals surface area contributed by atoms with Gasteiger partial charge < -0.3 is 19.9 Å². The number of amides is 1. The molecule has 30 heavy (non-hydrogen) atoms. The van der Waals surface area contributed by atoms with Gasteiger partial charge in [-0.1, -0.05) is 6.07 Å². The quantitative estimate of drug-likeness (QED) is 0.629. The molecule has 8 nitrogen and oxygen atoms in total. The van der Waals surface area contributed by atoms with Crippen LogP contribution in [-0.2, 0) is 9.53 Å². The summed E-state index contributed by atoms with van der Waals surface area (Å²) in [6.45, 7) is 3.49. The van der Waals surface area contributed by atoms with E-state index >= 15 is 0 Å². The highest BCUT2D eigenvalue weighted by atomic mass is 16.5. The van der Waals surface area contributed by atoms with Crippen molar-refractivity contribution >= 4 is 40.5 Å². The zero-order valence-electron chi connectivity index (χ0n) is 17.5. The molecule has 156 valence electrons. The Bertz CT molecular complexity index is 1050. The van der Waals surface area contributed by atoms with Crippen LogP contribution in [0.5, 0.6) is 0 Å². The molecule has 3 heterocycles. The van der Waals surface area contributed by atoms with Crippen LogP contribution in [0.25, 0.3) is 10.9 Å². The fourth-order valence-electron chi connectivity index (χ4n) is 3.72. The van der Waals surface area contributed by atoms with E-state index in [9.17, 15) is 4.79 Å². The highest BCUT2D eigenvalue weighted by Gasteiger charge is 2.24. The normalized spacial score (nSPS) is 14.5. The van der Waals surface area contributed by atoms with Crippen molar-refractivity contribution in [2.24, 2.45) is 0 Å². The zero-order valence-corrected chi connectivity index (χ0v) is 17.5. The molecule has 2 aromatic heterocycles. The molecule has 8 heteroatoms. The van der Waals surface area contributed by atoms with Crippen molar-refractivity contribution in [3.8, 4) is 0 Å². The van der Waals surface area contributed by atoms with Gasteiger partial charge in [0.2, 0.25) is 12.4 Å². The van der Waals surface area contributed by atoms with Crippen molar-refractivity contribution in [3.05, 3.63) is 42.2 Å². The Hall–Kier alpha value is -3.26. The van der Waals surface area contributed by atoms with Crippen LogP contribution in [0.4, 0.5) is 23.1 Å². The first-order valence-electron chi connectivity index (χ1n) is 10.0. The van der Waals surface area contributed by atoms with Crippen LogP contribution in [0.15, 0.2) is 36.7 Å². The maximum Gasteiger partial charge on any atom is 0.229 e. The predicted molar refractivity (Wildman–Crippen MR) is 119 cm³/mol. The standard InChI is InChI=1S/C22H26N6O2/c1-15-11-19-16(5-4-8-23-19)12-18(15)25-22-24-13-20(27(2)14-29)21(26-22)28(3)17-6-9-30-10-7-17/h4-5,8,11-14,17H,6-7,9-10H2,1-3H3,(H,24,25,26). The lowest BCUT2D eigenvalue weighted by Crippen LogP contribution is -2.38. The molecule has 1 saturated heterocycles. The summed E-state index contributed by atoms with van der Waals surface area (Å²) in [5, 5.41) is 4.38. The molecule has 0 bridgehead atoms. The van der Waals surface area contributed by atoms with Crippen LogP contribution >= 0.6 is 0 Å². The first-order chi connectivity index (χ1) is 14.6. The minimum atomic E-state index is 0.300. The molecule has 0 radical (unpaired) electrons. The molecule has 1 N–H and O–H groups in total. The van der Waals surface area contributed by atoms with Crippen molar-refractivity contribution in [1.29, 1.82) is 0 Å². The topological polar surface area (TPSA) is 83.5 Å². The number of anilines is 4. The van der Waals surface area contributed by atoms with E-state index in [0.29, 0.717) is 23.5 Å². The number of hydrogen-bond donors (Lipinski definition) is 1. The van der Waals surface area contributed by atoms with Crippen molar-refractivity contribution in [3.63, 3.8) is 0 Å². The Balaban J connectivity index is 1.69. The van der Waals surface area contributed by atoms with Gasteiger partial charge in [0.05, 0.1) is 11.7 Å². The molecular weight excluding hydrogens is 380 g/mol. The summed E-state index contributed by atoms with van der Waals surface area (Å²) in [6, 6.07) is 8.34. The van der Waals surface area contributed by atoms with E-state index in [2.05, 4.69) is 20.2 Å². The van der Waals surface area contributed by atoms with Gasteiger partial charge in [0, 0.05) is 50.6 Å². The summed E-state index contributed by atoms with van der Waals surface area (Å²) in [5.41, 5.74) is 3.60. The van der Waals surface area contributed by atoms with E-state index in [-0.39, 0.29) is 0 Å². The van der Waals surface area contributed by atoms with Gasteiger partial charge in [-0.25, -0.2) is 4.98 Å². The van der Waals surface area contributed by atoms with E-state index in [4.69, 9.17) is 9.72 Å². The van der Waals surface area contributed by atoms with Crippen molar-refractivity contribution in [2.45, 2.75) is 25.8 Å². The fourth-order valence-corrected chi connectivity index (χ4v) is 3.72. The Morgan fingerprint density at radius 3 is 2.77 bits per heavy atom. The molecule has 4 rings (SSSR count). The zero-order chi connectivity index (χ0) is 21.1. The van der Waals surface area contributed by atoms with Gasteiger partial charge in [-0.15, -0.1) is 0 Å². The smallest absolute Gasteiger partial charge is 0.229 e. The fraction of sp³-hybridized carbons (Fsp3) is 0.364. The molecule has 1 aliphatic rings. The van der Waals surface area contributed by atoms with Gasteiger partial charge in [0.15, 0.2) is 5.82 Å². The van der Waals surface area contributed by atoms with Gasteiger partial charge in [0.1, 0.15) is 5.69 Å². The van der Waals surface area contributed by atoms with Gasteiger partial charge in [-0.3, -0.25) is 9.78 Å². The average molecular weight is 406 g/mol. The third-order valence-corrected chi connectivity index (χ3v) is 5.56. The van der Waals surface area contributed by atoms with Gasteiger partial charge >= 0.3 is 0 Å². The summed E-state index contributed by atoms with van der Waals surface area (Å²) < 4.78 is 5.49. The minimum absolute atomic E-state index is 0.300. The largest absolute Gasteiger partial charge is 0.381 e. The van der Waals surface area contributed by atoms with E-state index in [0.717, 1.165) is 54.6 Å². The van der Waals surface area contributed by atoms with Gasteiger partial charge in [0.25, 0.3) is 0 Å². The summed E-state index contributed by atoms with van der Waals surface area (Å²) in [6.07, 6.45) is 6.09. The summed E-state index contributed by atoms with van der Waals surface area (Å²) >= 11 is 0. The number of nitrogens with zero attached hydrogens (tertiary/aromatic N) is 5. The Labute approximate surface area is 175 Å². The number of aryl methyl sites for hydroxylation is 1. The molecule has 1 fully saturated rings. The maximum absolute atomic E-state index is 11.4. The Kier molecular flexibility index (Phi) is 5.76. The van der Waals surface area contributed by atoms with Crippen LogP contribution in [0.1, 0.15) is 18.4 Å². The maximum atomic E-state index is 11.4. The average Bonchev–Trinajstić information content (AvgIpc) is 2.79. The van der Waals surface area contributed by atoms with Crippen LogP contribution < -0.4 is 15.1 Å². The molecule has 1 amide bonds. The molecule has 0 atom stereocenters. The number of pyridine rings is 1. The molecule has 0 unspecified atom stereocenters. The number of hydrogen-bond acceptors (Lipinski definition) is 7. The summed E-state index contributed by atoms with van der Waals surface area (Å²) in [7, 11) is 3.72. The number of ether oxygens (including phenoxy) is 1. The molecular formula is C22H26N6O2. The lowest BCUT2D eigenvalue weighted by atomic mass is 10.1. The minimum Gasteiger partial charge on any atom is -0.381 e. The highest BCUT2D eigenvalue weighted by Crippen LogP contribution is 2.31. The molecule has 1 aliphatic heterocycles. The van der Waals surface area contributed by atoms with Crippen molar-refractivity contribution in [1.82, 2.24) is 15.0 Å². The first-order valence-corrected chi connectivity index (χ1v) is 10.0. The number of carbonyl (C=O) groups excluding carboxylic acids is 1. The van der Waals surface area contributed by atoms with Gasteiger partial charge in [-0.2, -0.15) is 4.98 Å². The lowest BCUT2D eigenvalue weighted by Gasteiger charge is -2.33. The van der Waals surface area contributed by atoms with Crippen LogP contribution in [0.2, 0.25) is 0 Å². The second-order valence-electron chi connectivity index (χ2n) is 7.56. The van der Waals surface area contributed by atoms with Crippen LogP contribution in [0, 0.1) is 6.92 Å². The van der Waals surface area contributed by atoms with E-state index in [1.807, 2.05) is 38.2 Å². The monoisotopic (exact) mass is 406 g/mol. The number of carbonyl (C=O) groups is 1. The third-order valence-electron chi connectivity index (χ3n) is 5.56. The van der Waals surface area contributed by atoms with E-state index in [1.165, 1.54) is 4.90 Å². The number of aromatic nitrogens is 3. The van der Waals surface area contributed by atoms with E-state index < -0.39 is 0 Å². The SMILES string of the molecule is Cc1cc2ncccc2cc1Nc1ncc(N(C)C=O)c(N(C)C2CCOCC2)n1. The molecule has 1 aromatic carbocycles. The van der Waals surface area contributed by atoms with Crippen LogP contribution in [-0.4, -0.2) is 54.7 Å². The Morgan fingerprint density at radius 1 is 1.20 bits per heavy atom. The lowest BCUT2D eigenvalue weighted by molar-refractivity contribution is -0.107. The second-order valence-corrected chi connectivity index (χ2v) is 7.56. The number of fused-ring (bicyclic) bond motifs is 1. The Morgan fingerprint density at radius 2 is 2.00 bits per heavy atom. The van der Waals surface area contributed by atoms with Gasteiger partial charge in [-0.05, 0) is 43.5 Å². The number of nitrogens with one attached hydrogen (secondary N) is 1. The third kappa shape index (κ3) is 4.04. The molecule has 0 aliphatic carbocycles. The first kappa shape index (κ1) is 20.0. The molecule has 0 saturated carbocycles.